The monoisotopic (exact) mass is 275 g/mol. The lowest BCUT2D eigenvalue weighted by molar-refractivity contribution is 0.241. The van der Waals surface area contributed by atoms with Gasteiger partial charge in [-0.15, -0.1) is 0 Å². The highest BCUT2D eigenvalue weighted by Gasteiger charge is 2.03. The summed E-state index contributed by atoms with van der Waals surface area (Å²) in [7, 11) is 0. The smallest absolute Gasteiger partial charge is 0.227 e. The van der Waals surface area contributed by atoms with E-state index in [2.05, 4.69) is 0 Å². The molecule has 5 heteroatoms. The van der Waals surface area contributed by atoms with Crippen LogP contribution in [-0.2, 0) is 6.54 Å². The van der Waals surface area contributed by atoms with E-state index in [-0.39, 0.29) is 17.7 Å². The number of benzene rings is 1. The van der Waals surface area contributed by atoms with Gasteiger partial charge in [0.15, 0.2) is 0 Å². The van der Waals surface area contributed by atoms with Crippen molar-refractivity contribution in [3.63, 3.8) is 0 Å². The third-order valence-electron chi connectivity index (χ3n) is 2.61. The summed E-state index contributed by atoms with van der Waals surface area (Å²) in [4.78, 5) is 11.6. The first-order chi connectivity index (χ1) is 9.79. The molecule has 0 fully saturated rings. The van der Waals surface area contributed by atoms with Crippen molar-refractivity contribution in [1.82, 2.24) is 0 Å². The van der Waals surface area contributed by atoms with Crippen molar-refractivity contribution in [1.29, 1.82) is 0 Å². The van der Waals surface area contributed by atoms with Crippen LogP contribution in [-0.4, -0.2) is 13.2 Å². The molecule has 2 N–H and O–H groups in total. The molecular weight excluding hydrogens is 258 g/mol. The molecule has 0 aliphatic carbocycles. The lowest BCUT2D eigenvalue weighted by Crippen LogP contribution is -2.12. The summed E-state index contributed by atoms with van der Waals surface area (Å²) in [6, 6.07) is 10.9. The van der Waals surface area contributed by atoms with Gasteiger partial charge in [0.05, 0.1) is 19.8 Å². The Bertz CT molecular complexity index is 580. The first-order valence-corrected chi connectivity index (χ1v) is 6.42. The van der Waals surface area contributed by atoms with Gasteiger partial charge >= 0.3 is 0 Å². The number of hydrogen-bond acceptors (Lipinski definition) is 5. The molecule has 0 saturated carbocycles. The molecule has 0 unspecified atom stereocenters. The Hall–Kier alpha value is -2.27. The quantitative estimate of drug-likeness (QED) is 0.782. The molecule has 1 aromatic carbocycles. The molecule has 0 radical (unpaired) electrons. The molecule has 0 amide bonds. The number of ether oxygens (including phenoxy) is 2. The van der Waals surface area contributed by atoms with Crippen LogP contribution in [0.4, 0.5) is 0 Å². The molecule has 0 aliphatic heterocycles. The Morgan fingerprint density at radius 2 is 1.85 bits per heavy atom. The number of hydrogen-bond donors (Lipinski definition) is 1. The zero-order chi connectivity index (χ0) is 14.2. The highest BCUT2D eigenvalue weighted by molar-refractivity contribution is 5.20. The second-order valence-electron chi connectivity index (χ2n) is 4.14. The Morgan fingerprint density at radius 1 is 1.10 bits per heavy atom. The van der Waals surface area contributed by atoms with Crippen LogP contribution in [0.1, 0.15) is 12.2 Å². The van der Waals surface area contributed by atoms with Crippen molar-refractivity contribution in [3.8, 4) is 11.5 Å². The van der Waals surface area contributed by atoms with Crippen LogP contribution in [0.3, 0.4) is 0 Å². The third kappa shape index (κ3) is 4.13. The van der Waals surface area contributed by atoms with E-state index in [1.165, 1.54) is 12.3 Å². The van der Waals surface area contributed by atoms with E-state index in [4.69, 9.17) is 19.6 Å². The standard InChI is InChI=1S/C15H17NO4/c16-10-13-9-14(17)15(11-20-13)19-8-4-7-18-12-5-2-1-3-6-12/h1-3,5-6,9,11H,4,7-8,10,16H2. The maximum Gasteiger partial charge on any atom is 0.227 e. The Balaban J connectivity index is 1.72. The molecule has 2 aromatic rings. The van der Waals surface area contributed by atoms with Crippen LogP contribution in [0.15, 0.2) is 51.9 Å². The van der Waals surface area contributed by atoms with Crippen molar-refractivity contribution in [2.45, 2.75) is 13.0 Å². The van der Waals surface area contributed by atoms with Gasteiger partial charge in [-0.05, 0) is 12.1 Å². The topological polar surface area (TPSA) is 74.7 Å². The van der Waals surface area contributed by atoms with Gasteiger partial charge in [0.2, 0.25) is 11.2 Å². The first kappa shape index (κ1) is 14.1. The predicted octanol–water partition coefficient (Wildman–Crippen LogP) is 1.95. The average molecular weight is 275 g/mol. The predicted molar refractivity (Wildman–Crippen MR) is 74.9 cm³/mol. The van der Waals surface area contributed by atoms with Crippen LogP contribution in [0, 0.1) is 0 Å². The maximum atomic E-state index is 11.6. The van der Waals surface area contributed by atoms with Crippen LogP contribution >= 0.6 is 0 Å². The average Bonchev–Trinajstić information content (AvgIpc) is 2.49. The zero-order valence-corrected chi connectivity index (χ0v) is 11.1. The number of rotatable bonds is 7. The van der Waals surface area contributed by atoms with Gasteiger partial charge in [-0.1, -0.05) is 18.2 Å². The lowest BCUT2D eigenvalue weighted by atomic mass is 10.3. The van der Waals surface area contributed by atoms with Crippen molar-refractivity contribution in [2.24, 2.45) is 5.73 Å². The highest BCUT2D eigenvalue weighted by atomic mass is 16.5. The van der Waals surface area contributed by atoms with Gasteiger partial charge in [0.1, 0.15) is 17.8 Å². The van der Waals surface area contributed by atoms with Gasteiger partial charge in [-0.2, -0.15) is 0 Å². The maximum absolute atomic E-state index is 11.6. The highest BCUT2D eigenvalue weighted by Crippen LogP contribution is 2.09. The zero-order valence-electron chi connectivity index (χ0n) is 11.1. The van der Waals surface area contributed by atoms with E-state index >= 15 is 0 Å². The van der Waals surface area contributed by atoms with Gasteiger partial charge < -0.3 is 19.6 Å². The van der Waals surface area contributed by atoms with E-state index in [0.717, 1.165) is 5.75 Å². The number of nitrogens with two attached hydrogens (primary N) is 1. The molecule has 2 rings (SSSR count). The molecule has 20 heavy (non-hydrogen) atoms. The van der Waals surface area contributed by atoms with Crippen molar-refractivity contribution < 1.29 is 13.9 Å². The van der Waals surface area contributed by atoms with E-state index in [1.807, 2.05) is 30.3 Å². The summed E-state index contributed by atoms with van der Waals surface area (Å²) in [6.07, 6.45) is 1.97. The molecule has 0 saturated heterocycles. The molecule has 0 bridgehead atoms. The summed E-state index contributed by atoms with van der Waals surface area (Å²) >= 11 is 0. The summed E-state index contributed by atoms with van der Waals surface area (Å²) < 4.78 is 16.0. The molecule has 1 heterocycles. The summed E-state index contributed by atoms with van der Waals surface area (Å²) in [5.41, 5.74) is 5.15. The fourth-order valence-electron chi connectivity index (χ4n) is 1.60. The molecular formula is C15H17NO4. The molecule has 1 aromatic heterocycles. The lowest BCUT2D eigenvalue weighted by Gasteiger charge is -2.07. The fraction of sp³-hybridized carbons (Fsp3) is 0.267. The molecule has 0 aliphatic rings. The fourth-order valence-corrected chi connectivity index (χ4v) is 1.60. The van der Waals surface area contributed by atoms with E-state index in [1.54, 1.807) is 0 Å². The first-order valence-electron chi connectivity index (χ1n) is 6.42. The normalized spacial score (nSPS) is 10.2. The molecule has 0 spiro atoms. The minimum atomic E-state index is -0.222. The van der Waals surface area contributed by atoms with Gasteiger partial charge in [-0.25, -0.2) is 0 Å². The van der Waals surface area contributed by atoms with Crippen LogP contribution in [0.2, 0.25) is 0 Å². The Kier molecular flexibility index (Phi) is 5.20. The van der Waals surface area contributed by atoms with Crippen LogP contribution in [0.5, 0.6) is 11.5 Å². The summed E-state index contributed by atoms with van der Waals surface area (Å²) in [6.45, 7) is 1.11. The largest absolute Gasteiger partial charge is 0.493 e. The Morgan fingerprint density at radius 3 is 2.55 bits per heavy atom. The Labute approximate surface area is 116 Å². The van der Waals surface area contributed by atoms with Crippen molar-refractivity contribution in [2.75, 3.05) is 13.2 Å². The second-order valence-corrected chi connectivity index (χ2v) is 4.14. The molecule has 0 atom stereocenters. The molecule has 5 nitrogen and oxygen atoms in total. The van der Waals surface area contributed by atoms with Crippen LogP contribution < -0.4 is 20.6 Å². The van der Waals surface area contributed by atoms with Gasteiger partial charge in [0, 0.05) is 12.5 Å². The van der Waals surface area contributed by atoms with Crippen molar-refractivity contribution >= 4 is 0 Å². The van der Waals surface area contributed by atoms with E-state index in [0.29, 0.717) is 25.4 Å². The van der Waals surface area contributed by atoms with Crippen molar-refractivity contribution in [3.05, 3.63) is 58.6 Å². The van der Waals surface area contributed by atoms with Gasteiger partial charge in [-0.3, -0.25) is 4.79 Å². The van der Waals surface area contributed by atoms with Gasteiger partial charge in [0.25, 0.3) is 0 Å². The SMILES string of the molecule is NCc1cc(=O)c(OCCCOc2ccccc2)co1. The second kappa shape index (κ2) is 7.35. The summed E-state index contributed by atoms with van der Waals surface area (Å²) in [5.74, 6) is 1.45. The minimum absolute atomic E-state index is 0.195. The summed E-state index contributed by atoms with van der Waals surface area (Å²) in [5, 5.41) is 0. The van der Waals surface area contributed by atoms with E-state index in [9.17, 15) is 4.79 Å². The van der Waals surface area contributed by atoms with Crippen LogP contribution in [0.25, 0.3) is 0 Å². The number of para-hydroxylation sites is 1. The third-order valence-corrected chi connectivity index (χ3v) is 2.61. The van der Waals surface area contributed by atoms with E-state index < -0.39 is 0 Å². The molecule has 106 valence electrons. The minimum Gasteiger partial charge on any atom is -0.493 e.